The van der Waals surface area contributed by atoms with Gasteiger partial charge in [-0.3, -0.25) is 0 Å². The zero-order chi connectivity index (χ0) is 14.8. The standard InChI is InChI=1S/C14H17FN2O2S/c1-2-17(12-6-7-12)20(18,19)14-8-5-11(4-3-9-16)10-13(14)15/h5,8,10,12H,2,6-7,9,16H2,1H3. The zero-order valence-electron chi connectivity index (χ0n) is 11.3. The Balaban J connectivity index is 2.37. The van der Waals surface area contributed by atoms with Gasteiger partial charge in [-0.2, -0.15) is 4.31 Å². The van der Waals surface area contributed by atoms with Gasteiger partial charge in [-0.25, -0.2) is 12.8 Å². The third kappa shape index (κ3) is 3.01. The second kappa shape index (κ2) is 5.92. The van der Waals surface area contributed by atoms with Gasteiger partial charge in [-0.15, -0.1) is 0 Å². The molecular formula is C14H17FN2O2S. The molecule has 1 aromatic rings. The van der Waals surface area contributed by atoms with E-state index in [9.17, 15) is 12.8 Å². The van der Waals surface area contributed by atoms with Crippen molar-refractivity contribution in [1.82, 2.24) is 4.31 Å². The number of benzene rings is 1. The molecule has 1 saturated carbocycles. The minimum Gasteiger partial charge on any atom is -0.320 e. The van der Waals surface area contributed by atoms with Crippen LogP contribution in [0, 0.1) is 17.7 Å². The minimum atomic E-state index is -3.77. The zero-order valence-corrected chi connectivity index (χ0v) is 12.1. The van der Waals surface area contributed by atoms with Crippen LogP contribution in [0.1, 0.15) is 25.3 Å². The van der Waals surface area contributed by atoms with E-state index in [1.807, 2.05) is 0 Å². The van der Waals surface area contributed by atoms with E-state index in [1.165, 1.54) is 16.4 Å². The van der Waals surface area contributed by atoms with Crippen LogP contribution in [0.5, 0.6) is 0 Å². The maximum Gasteiger partial charge on any atom is 0.246 e. The summed E-state index contributed by atoms with van der Waals surface area (Å²) in [5.74, 6) is 4.51. The molecule has 1 aliphatic rings. The first kappa shape index (κ1) is 15.0. The van der Waals surface area contributed by atoms with Gasteiger partial charge < -0.3 is 5.73 Å². The molecule has 0 radical (unpaired) electrons. The lowest BCUT2D eigenvalue weighted by molar-refractivity contribution is 0.417. The minimum absolute atomic E-state index is 0.0149. The fourth-order valence-corrected chi connectivity index (χ4v) is 3.80. The van der Waals surface area contributed by atoms with Gasteiger partial charge in [0.1, 0.15) is 10.7 Å². The van der Waals surface area contributed by atoms with Gasteiger partial charge in [0, 0.05) is 18.2 Å². The van der Waals surface area contributed by atoms with E-state index in [2.05, 4.69) is 11.8 Å². The topological polar surface area (TPSA) is 63.4 Å². The monoisotopic (exact) mass is 296 g/mol. The van der Waals surface area contributed by atoms with E-state index in [0.717, 1.165) is 18.9 Å². The SMILES string of the molecule is CCN(C1CC1)S(=O)(=O)c1ccc(C#CCN)cc1F. The summed E-state index contributed by atoms with van der Waals surface area (Å²) < 4.78 is 40.2. The van der Waals surface area contributed by atoms with Crippen LogP contribution in [0.15, 0.2) is 23.1 Å². The molecule has 0 saturated heterocycles. The van der Waals surface area contributed by atoms with Crippen molar-refractivity contribution in [3.63, 3.8) is 0 Å². The Hall–Kier alpha value is -1.42. The Labute approximate surface area is 118 Å². The molecule has 0 aromatic heterocycles. The molecule has 0 aliphatic heterocycles. The number of nitrogens with zero attached hydrogens (tertiary/aromatic N) is 1. The van der Waals surface area contributed by atoms with E-state index >= 15 is 0 Å². The third-order valence-corrected chi connectivity index (χ3v) is 5.18. The summed E-state index contributed by atoms with van der Waals surface area (Å²) in [6.45, 7) is 2.28. The lowest BCUT2D eigenvalue weighted by Gasteiger charge is -2.20. The second-order valence-corrected chi connectivity index (χ2v) is 6.45. The predicted molar refractivity (Wildman–Crippen MR) is 74.9 cm³/mol. The van der Waals surface area contributed by atoms with Gasteiger partial charge in [0.2, 0.25) is 10.0 Å². The molecule has 0 bridgehead atoms. The molecule has 0 amide bonds. The number of sulfonamides is 1. The molecule has 0 spiro atoms. The summed E-state index contributed by atoms with van der Waals surface area (Å²) in [6, 6.07) is 3.92. The Morgan fingerprint density at radius 3 is 2.65 bits per heavy atom. The normalized spacial score (nSPS) is 15.0. The highest BCUT2D eigenvalue weighted by Gasteiger charge is 2.38. The van der Waals surface area contributed by atoms with Crippen LogP contribution < -0.4 is 5.73 Å². The van der Waals surface area contributed by atoms with Crippen LogP contribution in [-0.4, -0.2) is 31.9 Å². The molecule has 2 N–H and O–H groups in total. The van der Waals surface area contributed by atoms with E-state index in [-0.39, 0.29) is 17.5 Å². The highest BCUT2D eigenvalue weighted by Crippen LogP contribution is 2.32. The van der Waals surface area contributed by atoms with Crippen molar-refractivity contribution in [2.45, 2.75) is 30.7 Å². The third-order valence-electron chi connectivity index (χ3n) is 3.12. The van der Waals surface area contributed by atoms with Crippen molar-refractivity contribution in [3.05, 3.63) is 29.6 Å². The van der Waals surface area contributed by atoms with Crippen molar-refractivity contribution >= 4 is 10.0 Å². The lowest BCUT2D eigenvalue weighted by Crippen LogP contribution is -2.33. The lowest BCUT2D eigenvalue weighted by atomic mass is 10.2. The van der Waals surface area contributed by atoms with Crippen molar-refractivity contribution in [1.29, 1.82) is 0 Å². The Morgan fingerprint density at radius 1 is 1.45 bits per heavy atom. The van der Waals surface area contributed by atoms with Gasteiger partial charge in [0.25, 0.3) is 0 Å². The first-order valence-corrected chi connectivity index (χ1v) is 7.95. The predicted octanol–water partition coefficient (Wildman–Crippen LogP) is 1.31. The molecule has 6 heteroatoms. The average Bonchev–Trinajstić information content (AvgIpc) is 3.21. The molecule has 20 heavy (non-hydrogen) atoms. The molecule has 108 valence electrons. The van der Waals surface area contributed by atoms with Gasteiger partial charge >= 0.3 is 0 Å². The van der Waals surface area contributed by atoms with Gasteiger partial charge in [0.15, 0.2) is 0 Å². The fourth-order valence-electron chi connectivity index (χ4n) is 2.05. The van der Waals surface area contributed by atoms with E-state index in [0.29, 0.717) is 12.1 Å². The summed E-state index contributed by atoms with van der Waals surface area (Å²) in [5.41, 5.74) is 5.66. The van der Waals surface area contributed by atoms with Crippen molar-refractivity contribution in [3.8, 4) is 11.8 Å². The number of hydrogen-bond acceptors (Lipinski definition) is 3. The summed E-state index contributed by atoms with van der Waals surface area (Å²) in [5, 5.41) is 0. The molecule has 0 unspecified atom stereocenters. The van der Waals surface area contributed by atoms with Gasteiger partial charge in [-0.05, 0) is 31.0 Å². The first-order valence-electron chi connectivity index (χ1n) is 6.51. The summed E-state index contributed by atoms with van der Waals surface area (Å²) >= 11 is 0. The maximum atomic E-state index is 14.0. The van der Waals surface area contributed by atoms with Crippen molar-refractivity contribution < 1.29 is 12.8 Å². The second-order valence-electron chi connectivity index (χ2n) is 4.59. The number of halogens is 1. The van der Waals surface area contributed by atoms with Crippen LogP contribution in [0.25, 0.3) is 0 Å². The summed E-state index contributed by atoms with van der Waals surface area (Å²) in [4.78, 5) is -0.287. The van der Waals surface area contributed by atoms with Gasteiger partial charge in [0.05, 0.1) is 6.54 Å². The molecule has 2 rings (SSSR count). The largest absolute Gasteiger partial charge is 0.320 e. The van der Waals surface area contributed by atoms with Crippen LogP contribution >= 0.6 is 0 Å². The van der Waals surface area contributed by atoms with Crippen LogP contribution in [-0.2, 0) is 10.0 Å². The number of hydrogen-bond donors (Lipinski definition) is 1. The van der Waals surface area contributed by atoms with Crippen LogP contribution in [0.2, 0.25) is 0 Å². The van der Waals surface area contributed by atoms with Crippen LogP contribution in [0.3, 0.4) is 0 Å². The van der Waals surface area contributed by atoms with E-state index in [4.69, 9.17) is 5.73 Å². The smallest absolute Gasteiger partial charge is 0.246 e. The molecule has 0 atom stereocenters. The molecule has 1 aliphatic carbocycles. The fraction of sp³-hybridized carbons (Fsp3) is 0.429. The molecule has 1 aromatic carbocycles. The highest BCUT2D eigenvalue weighted by molar-refractivity contribution is 7.89. The van der Waals surface area contributed by atoms with Crippen molar-refractivity contribution in [2.75, 3.05) is 13.1 Å². The molecule has 0 heterocycles. The molecular weight excluding hydrogens is 279 g/mol. The van der Waals surface area contributed by atoms with Crippen molar-refractivity contribution in [2.24, 2.45) is 5.73 Å². The highest BCUT2D eigenvalue weighted by atomic mass is 32.2. The summed E-state index contributed by atoms with van der Waals surface area (Å²) in [7, 11) is -3.77. The van der Waals surface area contributed by atoms with E-state index < -0.39 is 15.8 Å². The number of nitrogens with two attached hydrogens (primary N) is 1. The van der Waals surface area contributed by atoms with Gasteiger partial charge in [-0.1, -0.05) is 18.8 Å². The quantitative estimate of drug-likeness (QED) is 0.852. The molecule has 1 fully saturated rings. The van der Waals surface area contributed by atoms with Crippen LogP contribution in [0.4, 0.5) is 4.39 Å². The first-order chi connectivity index (χ1) is 9.50. The molecule has 4 nitrogen and oxygen atoms in total. The summed E-state index contributed by atoms with van der Waals surface area (Å²) in [6.07, 6.45) is 1.68. The Kier molecular flexibility index (Phi) is 4.43. The Morgan fingerprint density at radius 2 is 2.15 bits per heavy atom. The average molecular weight is 296 g/mol. The van der Waals surface area contributed by atoms with E-state index in [1.54, 1.807) is 6.92 Å². The number of rotatable bonds is 4. The Bertz CT molecular complexity index is 657. The maximum absolute atomic E-state index is 14.0.